The number of hydrogen-bond acceptors (Lipinski definition) is 3. The van der Waals surface area contributed by atoms with Crippen molar-refractivity contribution in [1.82, 2.24) is 0 Å². The lowest BCUT2D eigenvalue weighted by atomic mass is 10.3. The number of halogens is 2. The average Bonchev–Trinajstić information content (AvgIpc) is 2.48. The minimum atomic E-state index is -0.486. The normalized spacial score (nSPS) is 10.0. The van der Waals surface area contributed by atoms with Crippen molar-refractivity contribution in [2.75, 3.05) is 24.3 Å². The molecular weight excluding hydrogens is 295 g/mol. The fraction of sp³-hybridized carbons (Fsp3) is 0.133. The molecule has 0 bridgehead atoms. The highest BCUT2D eigenvalue weighted by molar-refractivity contribution is 6.30. The van der Waals surface area contributed by atoms with E-state index in [2.05, 4.69) is 10.6 Å². The van der Waals surface area contributed by atoms with Gasteiger partial charge in [-0.05, 0) is 36.4 Å². The van der Waals surface area contributed by atoms with Crippen molar-refractivity contribution in [3.63, 3.8) is 0 Å². The van der Waals surface area contributed by atoms with Gasteiger partial charge in [-0.1, -0.05) is 11.6 Å². The Labute approximate surface area is 126 Å². The Bertz CT molecular complexity index is 632. The number of ether oxygens (including phenoxy) is 1. The zero-order chi connectivity index (χ0) is 15.2. The van der Waals surface area contributed by atoms with Crippen LogP contribution in [0.15, 0.2) is 42.5 Å². The van der Waals surface area contributed by atoms with E-state index in [4.69, 9.17) is 16.3 Å². The second kappa shape index (κ2) is 6.95. The van der Waals surface area contributed by atoms with Crippen LogP contribution in [0.3, 0.4) is 0 Å². The molecule has 2 rings (SSSR count). The van der Waals surface area contributed by atoms with E-state index in [1.165, 1.54) is 19.2 Å². The Morgan fingerprint density at radius 2 is 1.86 bits per heavy atom. The maximum atomic E-state index is 13.5. The smallest absolute Gasteiger partial charge is 0.243 e. The second-order valence-corrected chi connectivity index (χ2v) is 4.69. The summed E-state index contributed by atoms with van der Waals surface area (Å²) in [6.07, 6.45) is 0. The first-order valence-electron chi connectivity index (χ1n) is 6.21. The molecule has 0 aliphatic carbocycles. The number of rotatable bonds is 5. The fourth-order valence-corrected chi connectivity index (χ4v) is 1.82. The van der Waals surface area contributed by atoms with E-state index >= 15 is 0 Å². The lowest BCUT2D eigenvalue weighted by Gasteiger charge is -2.09. The molecule has 0 atom stereocenters. The number of benzene rings is 2. The van der Waals surface area contributed by atoms with Gasteiger partial charge in [-0.2, -0.15) is 0 Å². The maximum Gasteiger partial charge on any atom is 0.243 e. The highest BCUT2D eigenvalue weighted by Crippen LogP contribution is 2.20. The molecule has 110 valence electrons. The Hall–Kier alpha value is -2.27. The number of nitrogens with one attached hydrogen (secondary N) is 2. The Kier molecular flexibility index (Phi) is 5.00. The quantitative estimate of drug-likeness (QED) is 0.888. The molecule has 0 fully saturated rings. The van der Waals surface area contributed by atoms with Crippen LogP contribution in [-0.4, -0.2) is 19.6 Å². The first-order valence-corrected chi connectivity index (χ1v) is 6.59. The number of amides is 1. The SMILES string of the molecule is COc1ccc(NCC(=O)Nc2ccc(Cl)cc2)cc1F. The monoisotopic (exact) mass is 308 g/mol. The third kappa shape index (κ3) is 4.36. The summed E-state index contributed by atoms with van der Waals surface area (Å²) in [6, 6.07) is 11.2. The molecule has 4 nitrogen and oxygen atoms in total. The van der Waals surface area contributed by atoms with Crippen molar-refractivity contribution in [2.45, 2.75) is 0 Å². The number of carbonyl (C=O) groups excluding carboxylic acids is 1. The van der Waals surface area contributed by atoms with E-state index in [1.54, 1.807) is 30.3 Å². The van der Waals surface area contributed by atoms with Gasteiger partial charge >= 0.3 is 0 Å². The van der Waals surface area contributed by atoms with Crippen LogP contribution >= 0.6 is 11.6 Å². The molecule has 0 unspecified atom stereocenters. The molecule has 0 saturated carbocycles. The molecule has 1 amide bonds. The first-order chi connectivity index (χ1) is 10.1. The average molecular weight is 309 g/mol. The predicted octanol–water partition coefficient (Wildman–Crippen LogP) is 3.54. The van der Waals surface area contributed by atoms with Gasteiger partial charge in [-0.15, -0.1) is 0 Å². The molecule has 0 spiro atoms. The molecule has 6 heteroatoms. The molecular formula is C15H14ClFN2O2. The van der Waals surface area contributed by atoms with Crippen molar-refractivity contribution in [3.05, 3.63) is 53.3 Å². The second-order valence-electron chi connectivity index (χ2n) is 4.26. The van der Waals surface area contributed by atoms with Crippen LogP contribution in [0, 0.1) is 5.82 Å². The lowest BCUT2D eigenvalue weighted by Crippen LogP contribution is -2.21. The third-order valence-electron chi connectivity index (χ3n) is 2.73. The maximum absolute atomic E-state index is 13.5. The van der Waals surface area contributed by atoms with Crippen LogP contribution in [0.1, 0.15) is 0 Å². The standard InChI is InChI=1S/C15H14ClFN2O2/c1-21-14-7-6-12(8-13(14)17)18-9-15(20)19-11-4-2-10(16)3-5-11/h2-8,18H,9H2,1H3,(H,19,20). The first kappa shape index (κ1) is 15.1. The molecule has 0 saturated heterocycles. The summed E-state index contributed by atoms with van der Waals surface area (Å²) in [6.45, 7) is 0.0222. The summed E-state index contributed by atoms with van der Waals surface area (Å²) in [5.74, 6) is -0.569. The van der Waals surface area contributed by atoms with Gasteiger partial charge in [0.1, 0.15) is 0 Å². The number of carbonyl (C=O) groups is 1. The molecule has 0 heterocycles. The molecule has 0 aromatic heterocycles. The van der Waals surface area contributed by atoms with Gasteiger partial charge in [0.25, 0.3) is 0 Å². The predicted molar refractivity (Wildman–Crippen MR) is 81.5 cm³/mol. The van der Waals surface area contributed by atoms with Crippen molar-refractivity contribution in [2.24, 2.45) is 0 Å². The summed E-state index contributed by atoms with van der Waals surface area (Å²) in [5, 5.41) is 6.13. The fourth-order valence-electron chi connectivity index (χ4n) is 1.70. The zero-order valence-electron chi connectivity index (χ0n) is 11.3. The van der Waals surface area contributed by atoms with Gasteiger partial charge in [0.2, 0.25) is 5.91 Å². The zero-order valence-corrected chi connectivity index (χ0v) is 12.1. The van der Waals surface area contributed by atoms with Crippen LogP contribution in [-0.2, 0) is 4.79 Å². The van der Waals surface area contributed by atoms with Gasteiger partial charge in [-0.25, -0.2) is 4.39 Å². The largest absolute Gasteiger partial charge is 0.494 e. The van der Waals surface area contributed by atoms with Crippen molar-refractivity contribution in [3.8, 4) is 5.75 Å². The van der Waals surface area contributed by atoms with E-state index in [1.807, 2.05) is 0 Å². The van der Waals surface area contributed by atoms with E-state index in [-0.39, 0.29) is 18.2 Å². The lowest BCUT2D eigenvalue weighted by molar-refractivity contribution is -0.114. The molecule has 2 aromatic rings. The molecule has 0 aliphatic rings. The summed E-state index contributed by atoms with van der Waals surface area (Å²) >= 11 is 5.76. The number of methoxy groups -OCH3 is 1. The van der Waals surface area contributed by atoms with E-state index < -0.39 is 5.82 Å². The van der Waals surface area contributed by atoms with E-state index in [9.17, 15) is 9.18 Å². The van der Waals surface area contributed by atoms with E-state index in [0.717, 1.165) is 0 Å². The van der Waals surface area contributed by atoms with Crippen molar-refractivity contribution >= 4 is 28.9 Å². The van der Waals surface area contributed by atoms with Gasteiger partial charge < -0.3 is 15.4 Å². The summed E-state index contributed by atoms with van der Waals surface area (Å²) in [5.41, 5.74) is 1.15. The van der Waals surface area contributed by atoms with Crippen LogP contribution in [0.4, 0.5) is 15.8 Å². The van der Waals surface area contributed by atoms with E-state index in [0.29, 0.717) is 16.4 Å². The molecule has 2 aromatic carbocycles. The molecule has 2 N–H and O–H groups in total. The summed E-state index contributed by atoms with van der Waals surface area (Å²) in [7, 11) is 1.39. The van der Waals surface area contributed by atoms with Crippen LogP contribution < -0.4 is 15.4 Å². The molecule has 0 aliphatic heterocycles. The summed E-state index contributed by atoms with van der Waals surface area (Å²) < 4.78 is 18.3. The number of anilines is 2. The van der Waals surface area contributed by atoms with Gasteiger partial charge in [0.05, 0.1) is 13.7 Å². The minimum Gasteiger partial charge on any atom is -0.494 e. The highest BCUT2D eigenvalue weighted by Gasteiger charge is 2.05. The minimum absolute atomic E-state index is 0.0222. The Balaban J connectivity index is 1.89. The van der Waals surface area contributed by atoms with Gasteiger partial charge in [-0.3, -0.25) is 4.79 Å². The molecule has 21 heavy (non-hydrogen) atoms. The highest BCUT2D eigenvalue weighted by atomic mass is 35.5. The van der Waals surface area contributed by atoms with Crippen LogP contribution in [0.25, 0.3) is 0 Å². The van der Waals surface area contributed by atoms with Gasteiger partial charge in [0, 0.05) is 22.5 Å². The van der Waals surface area contributed by atoms with Gasteiger partial charge in [0.15, 0.2) is 11.6 Å². The van der Waals surface area contributed by atoms with Crippen LogP contribution in [0.2, 0.25) is 5.02 Å². The topological polar surface area (TPSA) is 50.4 Å². The Morgan fingerprint density at radius 1 is 1.19 bits per heavy atom. The van der Waals surface area contributed by atoms with Crippen molar-refractivity contribution in [1.29, 1.82) is 0 Å². The Morgan fingerprint density at radius 3 is 2.48 bits per heavy atom. The van der Waals surface area contributed by atoms with Crippen LogP contribution in [0.5, 0.6) is 5.75 Å². The number of hydrogen-bond donors (Lipinski definition) is 2. The van der Waals surface area contributed by atoms with Crippen molar-refractivity contribution < 1.29 is 13.9 Å². The third-order valence-corrected chi connectivity index (χ3v) is 2.98. The molecule has 0 radical (unpaired) electrons. The summed E-state index contributed by atoms with van der Waals surface area (Å²) in [4.78, 5) is 11.8.